The first kappa shape index (κ1) is 26.5. The normalized spacial score (nSPS) is 21.7. The molecule has 1 amide bonds. The Morgan fingerprint density at radius 1 is 0.941 bits per heavy atom. The zero-order valence-electron chi connectivity index (χ0n) is 21.5. The summed E-state index contributed by atoms with van der Waals surface area (Å²) in [7, 11) is -2.76. The minimum atomic E-state index is -2.76. The molecule has 0 heterocycles. The standard InChI is InChI=1S/C28H41NO4Si/c1-27(2,3)32-26(31)29-24-19-21(20-30)17-18-25(24)33-34(28(4,5)6,22-13-9-7-10-14-22)23-15-11-8-12-16-23/h7-16,21,24-25,30H,17-20H2,1-6H3,(H,29,31)/t21-,24+,25+/m0/s1. The first-order chi connectivity index (χ1) is 16.0. The maximum atomic E-state index is 12.7. The lowest BCUT2D eigenvalue weighted by atomic mass is 9.84. The van der Waals surface area contributed by atoms with E-state index in [-0.39, 0.29) is 29.7 Å². The lowest BCUT2D eigenvalue weighted by Gasteiger charge is -2.48. The van der Waals surface area contributed by atoms with Gasteiger partial charge in [-0.1, -0.05) is 81.4 Å². The van der Waals surface area contributed by atoms with Crippen LogP contribution in [0.25, 0.3) is 0 Å². The van der Waals surface area contributed by atoms with Gasteiger partial charge in [-0.3, -0.25) is 0 Å². The van der Waals surface area contributed by atoms with Gasteiger partial charge in [0.2, 0.25) is 0 Å². The summed E-state index contributed by atoms with van der Waals surface area (Å²) in [6, 6.07) is 20.9. The maximum Gasteiger partial charge on any atom is 0.407 e. The summed E-state index contributed by atoms with van der Waals surface area (Å²) in [6.45, 7) is 12.5. The van der Waals surface area contributed by atoms with Gasteiger partial charge in [0, 0.05) is 6.61 Å². The Labute approximate surface area is 206 Å². The first-order valence-electron chi connectivity index (χ1n) is 12.4. The van der Waals surface area contributed by atoms with E-state index in [0.717, 1.165) is 12.8 Å². The van der Waals surface area contributed by atoms with Crippen molar-refractivity contribution in [3.63, 3.8) is 0 Å². The number of rotatable bonds is 6. The number of aliphatic hydroxyl groups excluding tert-OH is 1. The molecule has 1 fully saturated rings. The number of hydrogen-bond acceptors (Lipinski definition) is 4. The fourth-order valence-electron chi connectivity index (χ4n) is 5.07. The number of hydrogen-bond donors (Lipinski definition) is 2. The predicted molar refractivity (Wildman–Crippen MR) is 140 cm³/mol. The van der Waals surface area contributed by atoms with Gasteiger partial charge in [-0.25, -0.2) is 4.79 Å². The molecule has 2 aromatic rings. The fourth-order valence-corrected chi connectivity index (χ4v) is 9.82. The number of alkyl carbamates (subject to hydrolysis) is 1. The zero-order valence-corrected chi connectivity index (χ0v) is 22.5. The molecule has 3 rings (SSSR count). The van der Waals surface area contributed by atoms with Gasteiger partial charge in [0.05, 0.1) is 12.1 Å². The molecule has 0 saturated heterocycles. The molecule has 0 spiro atoms. The summed E-state index contributed by atoms with van der Waals surface area (Å²) in [6.07, 6.45) is 1.69. The third kappa shape index (κ3) is 6.09. The largest absolute Gasteiger partial charge is 0.444 e. The third-order valence-electron chi connectivity index (χ3n) is 6.60. The molecule has 5 nitrogen and oxygen atoms in total. The summed E-state index contributed by atoms with van der Waals surface area (Å²) in [4.78, 5) is 12.7. The molecule has 6 heteroatoms. The van der Waals surface area contributed by atoms with Crippen molar-refractivity contribution in [2.24, 2.45) is 5.92 Å². The van der Waals surface area contributed by atoms with E-state index < -0.39 is 20.0 Å². The van der Waals surface area contributed by atoms with E-state index in [1.165, 1.54) is 10.4 Å². The van der Waals surface area contributed by atoms with Crippen molar-refractivity contribution in [3.8, 4) is 0 Å². The smallest absolute Gasteiger partial charge is 0.407 e. The molecule has 186 valence electrons. The molecule has 0 aromatic heterocycles. The van der Waals surface area contributed by atoms with Crippen LogP contribution in [0.4, 0.5) is 4.79 Å². The van der Waals surface area contributed by atoms with Gasteiger partial charge in [-0.2, -0.15) is 0 Å². The minimum Gasteiger partial charge on any atom is -0.444 e. The van der Waals surface area contributed by atoms with Crippen LogP contribution >= 0.6 is 0 Å². The SMILES string of the molecule is CC(C)(C)OC(=O)N[C@@H]1C[C@@H](CO)CC[C@H]1O[Si](c1ccccc1)(c1ccccc1)C(C)(C)C. The molecule has 1 aliphatic rings. The highest BCUT2D eigenvalue weighted by molar-refractivity contribution is 6.99. The number of carbonyl (C=O) groups excluding carboxylic acids is 1. The summed E-state index contributed by atoms with van der Waals surface area (Å²) in [5.41, 5.74) is -0.580. The van der Waals surface area contributed by atoms with Gasteiger partial charge in [-0.05, 0) is 61.4 Å². The Hall–Kier alpha value is -2.15. The third-order valence-corrected chi connectivity index (χ3v) is 11.7. The van der Waals surface area contributed by atoms with Crippen molar-refractivity contribution in [2.45, 2.75) is 83.6 Å². The second-order valence-electron chi connectivity index (χ2n) is 11.4. The van der Waals surface area contributed by atoms with Gasteiger partial charge in [0.1, 0.15) is 5.60 Å². The molecule has 2 aromatic carbocycles. The van der Waals surface area contributed by atoms with Crippen molar-refractivity contribution >= 4 is 24.8 Å². The molecular formula is C28H41NO4Si. The summed E-state index contributed by atoms with van der Waals surface area (Å²) in [5, 5.41) is 15.2. The zero-order chi connectivity index (χ0) is 25.0. The first-order valence-corrected chi connectivity index (χ1v) is 14.3. The van der Waals surface area contributed by atoms with Crippen molar-refractivity contribution in [3.05, 3.63) is 60.7 Å². The fraction of sp³-hybridized carbons (Fsp3) is 0.536. The molecular weight excluding hydrogens is 442 g/mol. The number of amides is 1. The van der Waals surface area contributed by atoms with Crippen LogP contribution in [0, 0.1) is 5.92 Å². The lowest BCUT2D eigenvalue weighted by Crippen LogP contribution is -2.69. The number of nitrogens with one attached hydrogen (secondary N) is 1. The highest BCUT2D eigenvalue weighted by Crippen LogP contribution is 2.40. The Morgan fingerprint density at radius 3 is 1.91 bits per heavy atom. The molecule has 3 atom stereocenters. The van der Waals surface area contributed by atoms with E-state index >= 15 is 0 Å². The Kier molecular flexibility index (Phi) is 8.27. The Morgan fingerprint density at radius 2 is 1.47 bits per heavy atom. The van der Waals surface area contributed by atoms with E-state index in [2.05, 4.69) is 74.6 Å². The highest BCUT2D eigenvalue weighted by atomic mass is 28.4. The number of aliphatic hydroxyl groups is 1. The molecule has 1 saturated carbocycles. The van der Waals surface area contributed by atoms with E-state index in [1.54, 1.807) is 0 Å². The summed E-state index contributed by atoms with van der Waals surface area (Å²) < 4.78 is 12.9. The molecule has 0 radical (unpaired) electrons. The van der Waals surface area contributed by atoms with Crippen LogP contribution in [0.2, 0.25) is 5.04 Å². The van der Waals surface area contributed by atoms with E-state index in [9.17, 15) is 9.90 Å². The number of benzene rings is 2. The van der Waals surface area contributed by atoms with E-state index in [4.69, 9.17) is 9.16 Å². The molecule has 1 aliphatic carbocycles. The van der Waals surface area contributed by atoms with Crippen LogP contribution in [0.1, 0.15) is 60.8 Å². The average Bonchev–Trinajstić information content (AvgIpc) is 2.77. The van der Waals surface area contributed by atoms with Gasteiger partial charge >= 0.3 is 6.09 Å². The second kappa shape index (κ2) is 10.6. The molecule has 2 N–H and O–H groups in total. The second-order valence-corrected chi connectivity index (χ2v) is 15.7. The van der Waals surface area contributed by atoms with Crippen LogP contribution in [0.15, 0.2) is 60.7 Å². The van der Waals surface area contributed by atoms with Crippen molar-refractivity contribution in [2.75, 3.05) is 6.61 Å². The van der Waals surface area contributed by atoms with E-state index in [0.29, 0.717) is 6.42 Å². The number of ether oxygens (including phenoxy) is 1. The average molecular weight is 484 g/mol. The van der Waals surface area contributed by atoms with Crippen molar-refractivity contribution < 1.29 is 19.1 Å². The molecule has 34 heavy (non-hydrogen) atoms. The predicted octanol–water partition coefficient (Wildman–Crippen LogP) is 4.62. The van der Waals surface area contributed by atoms with Gasteiger partial charge in [0.15, 0.2) is 0 Å². The van der Waals surface area contributed by atoms with Gasteiger partial charge < -0.3 is 19.6 Å². The van der Waals surface area contributed by atoms with Crippen LogP contribution < -0.4 is 15.7 Å². The van der Waals surface area contributed by atoms with Crippen molar-refractivity contribution in [1.82, 2.24) is 5.32 Å². The summed E-state index contributed by atoms with van der Waals surface area (Å²) >= 11 is 0. The topological polar surface area (TPSA) is 67.8 Å². The molecule has 0 bridgehead atoms. The Balaban J connectivity index is 2.03. The number of carbonyl (C=O) groups is 1. The lowest BCUT2D eigenvalue weighted by molar-refractivity contribution is 0.0296. The summed E-state index contributed by atoms with van der Waals surface area (Å²) in [5.74, 6) is 0.138. The molecule has 0 aliphatic heterocycles. The van der Waals surface area contributed by atoms with Gasteiger partial charge in [-0.15, -0.1) is 0 Å². The monoisotopic (exact) mass is 483 g/mol. The van der Waals surface area contributed by atoms with Crippen LogP contribution in [-0.2, 0) is 9.16 Å². The highest BCUT2D eigenvalue weighted by Gasteiger charge is 2.52. The quantitative estimate of drug-likeness (QED) is 0.589. The Bertz CT molecular complexity index is 881. The minimum absolute atomic E-state index is 0.110. The van der Waals surface area contributed by atoms with Crippen LogP contribution in [-0.4, -0.2) is 43.9 Å². The van der Waals surface area contributed by atoms with Crippen LogP contribution in [0.5, 0.6) is 0 Å². The van der Waals surface area contributed by atoms with Crippen LogP contribution in [0.3, 0.4) is 0 Å². The van der Waals surface area contributed by atoms with E-state index in [1.807, 2.05) is 32.9 Å². The maximum absolute atomic E-state index is 12.7. The van der Waals surface area contributed by atoms with Gasteiger partial charge in [0.25, 0.3) is 8.32 Å². The molecule has 0 unspecified atom stereocenters. The van der Waals surface area contributed by atoms with Crippen molar-refractivity contribution in [1.29, 1.82) is 0 Å².